The van der Waals surface area contributed by atoms with E-state index in [9.17, 15) is 4.79 Å². The van der Waals surface area contributed by atoms with Crippen LogP contribution in [0.5, 0.6) is 0 Å². The van der Waals surface area contributed by atoms with Gasteiger partial charge < -0.3 is 15.8 Å². The van der Waals surface area contributed by atoms with E-state index >= 15 is 0 Å². The molecule has 0 spiro atoms. The Balaban J connectivity index is 2.65. The van der Waals surface area contributed by atoms with Crippen LogP contribution in [0.2, 0.25) is 0 Å². The molecule has 1 heterocycles. The van der Waals surface area contributed by atoms with Gasteiger partial charge in [0, 0.05) is 0 Å². The molecule has 0 radical (unpaired) electrons. The topological polar surface area (TPSA) is 92.0 Å². The monoisotopic (exact) mass is 155 g/mol. The number of carbonyl (C=O) groups excluding carboxylic acids is 1. The summed E-state index contributed by atoms with van der Waals surface area (Å²) in [6.07, 6.45) is 1.55. The first-order valence-corrected chi connectivity index (χ1v) is 3.14. The Morgan fingerprint density at radius 1 is 1.82 bits per heavy atom. The number of nitrogens with zero attached hydrogens (tertiary/aromatic N) is 1. The number of aliphatic hydroxyl groups excluding tert-OH is 1. The fourth-order valence-electron chi connectivity index (χ4n) is 0.741. The highest BCUT2D eigenvalue weighted by atomic mass is 16.3. The van der Waals surface area contributed by atoms with Crippen LogP contribution in [-0.4, -0.2) is 21.0 Å². The molecule has 1 amide bonds. The smallest absolute Gasteiger partial charge is 0.225 e. The number of aromatic nitrogens is 2. The number of carbonyl (C=O) groups is 1. The number of aromatic amines is 1. The number of amides is 1. The first-order chi connectivity index (χ1) is 5.22. The second-order valence-electron chi connectivity index (χ2n) is 2.16. The molecule has 0 bridgehead atoms. The van der Waals surface area contributed by atoms with Gasteiger partial charge >= 0.3 is 0 Å². The maximum Gasteiger partial charge on any atom is 0.225 e. The standard InChI is InChI=1S/C6H9N3O2/c7-5(11)1-6-8-2-4(3-10)9-6/h2,10H,1,3H2,(H2,7,11)(H,8,9). The van der Waals surface area contributed by atoms with Crippen molar-refractivity contribution in [2.45, 2.75) is 13.0 Å². The van der Waals surface area contributed by atoms with Crippen LogP contribution in [0, 0.1) is 0 Å². The average molecular weight is 155 g/mol. The van der Waals surface area contributed by atoms with Crippen LogP contribution >= 0.6 is 0 Å². The van der Waals surface area contributed by atoms with Crippen LogP contribution in [-0.2, 0) is 17.8 Å². The highest BCUT2D eigenvalue weighted by molar-refractivity contribution is 5.75. The minimum absolute atomic E-state index is 0.0833. The van der Waals surface area contributed by atoms with E-state index in [0.29, 0.717) is 11.5 Å². The summed E-state index contributed by atoms with van der Waals surface area (Å²) < 4.78 is 0. The molecule has 0 saturated carbocycles. The molecule has 1 aromatic heterocycles. The summed E-state index contributed by atoms with van der Waals surface area (Å²) in [7, 11) is 0. The minimum Gasteiger partial charge on any atom is -0.390 e. The minimum atomic E-state index is -0.441. The lowest BCUT2D eigenvalue weighted by atomic mass is 10.4. The van der Waals surface area contributed by atoms with Gasteiger partial charge in [0.15, 0.2) is 0 Å². The molecule has 5 heteroatoms. The van der Waals surface area contributed by atoms with Gasteiger partial charge in [0.2, 0.25) is 5.91 Å². The average Bonchev–Trinajstić information content (AvgIpc) is 2.34. The Morgan fingerprint density at radius 2 is 2.55 bits per heavy atom. The van der Waals surface area contributed by atoms with Crippen molar-refractivity contribution in [2.75, 3.05) is 0 Å². The quantitative estimate of drug-likeness (QED) is 0.519. The number of hydrogen-bond donors (Lipinski definition) is 3. The van der Waals surface area contributed by atoms with Crippen LogP contribution in [0.1, 0.15) is 11.5 Å². The van der Waals surface area contributed by atoms with Crippen molar-refractivity contribution in [1.82, 2.24) is 9.97 Å². The van der Waals surface area contributed by atoms with Gasteiger partial charge in [0.05, 0.1) is 24.9 Å². The van der Waals surface area contributed by atoms with E-state index in [1.54, 1.807) is 0 Å². The van der Waals surface area contributed by atoms with Crippen LogP contribution < -0.4 is 5.73 Å². The number of hydrogen-bond acceptors (Lipinski definition) is 3. The van der Waals surface area contributed by atoms with Crippen molar-refractivity contribution in [1.29, 1.82) is 0 Å². The lowest BCUT2D eigenvalue weighted by molar-refractivity contribution is -0.117. The van der Waals surface area contributed by atoms with Gasteiger partial charge in [-0.1, -0.05) is 0 Å². The van der Waals surface area contributed by atoms with Crippen molar-refractivity contribution in [3.05, 3.63) is 17.7 Å². The van der Waals surface area contributed by atoms with Crippen molar-refractivity contribution in [3.8, 4) is 0 Å². The zero-order chi connectivity index (χ0) is 8.27. The predicted molar refractivity (Wildman–Crippen MR) is 37.4 cm³/mol. The molecule has 0 unspecified atom stereocenters. The van der Waals surface area contributed by atoms with Crippen molar-refractivity contribution < 1.29 is 9.90 Å². The Labute approximate surface area is 63.3 Å². The number of rotatable bonds is 3. The molecule has 0 aromatic carbocycles. The summed E-state index contributed by atoms with van der Waals surface area (Å²) in [4.78, 5) is 16.9. The first kappa shape index (κ1) is 7.74. The van der Waals surface area contributed by atoms with Crippen molar-refractivity contribution in [2.24, 2.45) is 5.73 Å². The lowest BCUT2D eigenvalue weighted by Crippen LogP contribution is -2.14. The molecule has 11 heavy (non-hydrogen) atoms. The van der Waals surface area contributed by atoms with Gasteiger partial charge in [-0.05, 0) is 0 Å². The van der Waals surface area contributed by atoms with Crippen LogP contribution in [0.4, 0.5) is 0 Å². The molecule has 5 nitrogen and oxygen atoms in total. The maximum atomic E-state index is 10.4. The van der Waals surface area contributed by atoms with Gasteiger partial charge in [-0.15, -0.1) is 0 Å². The van der Waals surface area contributed by atoms with E-state index in [1.807, 2.05) is 0 Å². The molecular formula is C6H9N3O2. The number of nitrogens with two attached hydrogens (primary N) is 1. The number of H-pyrrole nitrogens is 1. The molecule has 60 valence electrons. The number of nitrogens with one attached hydrogen (secondary N) is 1. The third-order valence-electron chi connectivity index (χ3n) is 1.19. The van der Waals surface area contributed by atoms with Crippen LogP contribution in [0.15, 0.2) is 6.20 Å². The summed E-state index contributed by atoms with van der Waals surface area (Å²) in [6.45, 7) is -0.105. The molecule has 0 atom stereocenters. The van der Waals surface area contributed by atoms with E-state index in [2.05, 4.69) is 9.97 Å². The van der Waals surface area contributed by atoms with Gasteiger partial charge in [-0.3, -0.25) is 4.79 Å². The predicted octanol–water partition coefficient (Wildman–Crippen LogP) is -1.07. The fourth-order valence-corrected chi connectivity index (χ4v) is 0.741. The molecule has 0 aliphatic heterocycles. The third-order valence-corrected chi connectivity index (χ3v) is 1.19. The molecular weight excluding hydrogens is 146 g/mol. The van der Waals surface area contributed by atoms with Crippen LogP contribution in [0.3, 0.4) is 0 Å². The van der Waals surface area contributed by atoms with Crippen molar-refractivity contribution >= 4 is 5.91 Å². The maximum absolute atomic E-state index is 10.4. The third kappa shape index (κ3) is 2.05. The van der Waals surface area contributed by atoms with Crippen LogP contribution in [0.25, 0.3) is 0 Å². The zero-order valence-electron chi connectivity index (χ0n) is 5.87. The van der Waals surface area contributed by atoms with E-state index in [1.165, 1.54) is 6.20 Å². The molecule has 0 saturated heterocycles. The second kappa shape index (κ2) is 3.16. The Hall–Kier alpha value is -1.36. The van der Waals surface area contributed by atoms with E-state index < -0.39 is 5.91 Å². The Morgan fingerprint density at radius 3 is 3.00 bits per heavy atom. The zero-order valence-corrected chi connectivity index (χ0v) is 5.87. The summed E-state index contributed by atoms with van der Waals surface area (Å²) in [5.41, 5.74) is 5.50. The Bertz CT molecular complexity index is 256. The van der Waals surface area contributed by atoms with Gasteiger partial charge in [-0.2, -0.15) is 0 Å². The lowest BCUT2D eigenvalue weighted by Gasteiger charge is -1.89. The Kier molecular flexibility index (Phi) is 2.22. The summed E-state index contributed by atoms with van der Waals surface area (Å²) in [5, 5.41) is 8.60. The summed E-state index contributed by atoms with van der Waals surface area (Å²) in [6, 6.07) is 0. The highest BCUT2D eigenvalue weighted by Crippen LogP contribution is 1.96. The van der Waals surface area contributed by atoms with Gasteiger partial charge in [0.1, 0.15) is 5.82 Å². The van der Waals surface area contributed by atoms with E-state index in [0.717, 1.165) is 0 Å². The number of aliphatic hydroxyl groups is 1. The van der Waals surface area contributed by atoms with E-state index in [-0.39, 0.29) is 13.0 Å². The molecule has 0 fully saturated rings. The number of imidazole rings is 1. The van der Waals surface area contributed by atoms with Crippen molar-refractivity contribution in [3.63, 3.8) is 0 Å². The first-order valence-electron chi connectivity index (χ1n) is 3.14. The molecule has 1 aromatic rings. The fraction of sp³-hybridized carbons (Fsp3) is 0.333. The van der Waals surface area contributed by atoms with Gasteiger partial charge in [-0.25, -0.2) is 4.98 Å². The van der Waals surface area contributed by atoms with E-state index in [4.69, 9.17) is 10.8 Å². The molecule has 0 aliphatic rings. The highest BCUT2D eigenvalue weighted by Gasteiger charge is 2.01. The largest absolute Gasteiger partial charge is 0.390 e. The summed E-state index contributed by atoms with van der Waals surface area (Å²) >= 11 is 0. The summed E-state index contributed by atoms with van der Waals surface area (Å²) in [5.74, 6) is 0.0467. The molecule has 4 N–H and O–H groups in total. The second-order valence-corrected chi connectivity index (χ2v) is 2.16. The van der Waals surface area contributed by atoms with Gasteiger partial charge in [0.25, 0.3) is 0 Å². The molecule has 1 rings (SSSR count). The molecule has 0 aliphatic carbocycles. The normalized spacial score (nSPS) is 9.91. The SMILES string of the molecule is NC(=O)Cc1ncc(CO)[nH]1. The number of primary amides is 1.